The second kappa shape index (κ2) is 56.7. The molecule has 0 bridgehead atoms. The Hall–Kier alpha value is -3.93. The largest absolute Gasteiger partial charge is 0.462 e. The Balaban J connectivity index is 4.42. The Bertz CT molecular complexity index is 1420. The monoisotopic (exact) mass is 957 g/mol. The SMILES string of the molecule is CC/C=C\C/C=C\C/C=C\C/C=C\CCCCCCCCCCC(=O)OCC(COC(=O)CCCCC/C=C\C/C=C\C/C=C\CC)OC(=O)CCCCCCCCC/C=C\C/C=C\CCCCC. The standard InChI is InChI=1S/C63H104O6/c1-4-7-10-13-16-19-22-25-27-29-30-31-32-34-35-38-41-44-47-50-53-56-62(65)68-59-60(58-67-61(64)55-52-49-46-43-40-37-24-21-18-15-12-9-6-3)69-63(66)57-54-51-48-45-42-39-36-33-28-26-23-20-17-14-11-8-5-2/h7,9-10,12,16-21,25-28,30-31,37,40,60H,4-6,8,11,13-15,22-24,29,32-36,38-39,41-59H2,1-3H3/b10-7-,12-9-,19-16-,20-17-,21-18-,27-25-,28-26-,31-30-,40-37-. The molecule has 0 rings (SSSR count). The smallest absolute Gasteiger partial charge is 0.306 e. The van der Waals surface area contributed by atoms with Gasteiger partial charge in [0, 0.05) is 19.3 Å². The Labute approximate surface area is 425 Å². The van der Waals surface area contributed by atoms with E-state index in [2.05, 4.69) is 130 Å². The number of hydrogen-bond acceptors (Lipinski definition) is 6. The molecule has 0 N–H and O–H groups in total. The fourth-order valence-electron chi connectivity index (χ4n) is 7.54. The summed E-state index contributed by atoms with van der Waals surface area (Å²) in [4.78, 5) is 38.1. The van der Waals surface area contributed by atoms with Crippen molar-refractivity contribution in [2.45, 2.75) is 258 Å². The highest BCUT2D eigenvalue weighted by Gasteiger charge is 2.19. The summed E-state index contributed by atoms with van der Waals surface area (Å²) in [7, 11) is 0. The first-order valence-corrected chi connectivity index (χ1v) is 28.4. The second-order valence-corrected chi connectivity index (χ2v) is 18.4. The molecule has 0 saturated carbocycles. The van der Waals surface area contributed by atoms with E-state index in [9.17, 15) is 14.4 Å². The van der Waals surface area contributed by atoms with Crippen LogP contribution >= 0.6 is 0 Å². The summed E-state index contributed by atoms with van der Waals surface area (Å²) in [5.41, 5.74) is 0. The first-order valence-electron chi connectivity index (χ1n) is 28.4. The van der Waals surface area contributed by atoms with Crippen molar-refractivity contribution >= 4 is 17.9 Å². The van der Waals surface area contributed by atoms with Gasteiger partial charge in [0.1, 0.15) is 13.2 Å². The molecule has 0 aliphatic heterocycles. The van der Waals surface area contributed by atoms with Crippen molar-refractivity contribution in [1.29, 1.82) is 0 Å². The van der Waals surface area contributed by atoms with Crippen molar-refractivity contribution < 1.29 is 28.6 Å². The molecule has 6 heteroatoms. The van der Waals surface area contributed by atoms with Gasteiger partial charge in [-0.2, -0.15) is 0 Å². The van der Waals surface area contributed by atoms with Gasteiger partial charge in [0.05, 0.1) is 0 Å². The van der Waals surface area contributed by atoms with Crippen molar-refractivity contribution in [3.05, 3.63) is 109 Å². The van der Waals surface area contributed by atoms with Crippen molar-refractivity contribution in [3.63, 3.8) is 0 Å². The van der Waals surface area contributed by atoms with Crippen LogP contribution in [-0.4, -0.2) is 37.2 Å². The van der Waals surface area contributed by atoms with Gasteiger partial charge in [0.15, 0.2) is 6.10 Å². The topological polar surface area (TPSA) is 78.9 Å². The number of hydrogen-bond donors (Lipinski definition) is 0. The first-order chi connectivity index (χ1) is 34.0. The number of carbonyl (C=O) groups is 3. The van der Waals surface area contributed by atoms with E-state index in [1.54, 1.807) is 0 Å². The first kappa shape index (κ1) is 65.1. The summed E-state index contributed by atoms with van der Waals surface area (Å²) in [5.74, 6) is -0.942. The van der Waals surface area contributed by atoms with Crippen molar-refractivity contribution in [3.8, 4) is 0 Å². The van der Waals surface area contributed by atoms with Crippen molar-refractivity contribution in [1.82, 2.24) is 0 Å². The Kier molecular flexibility index (Phi) is 53.4. The Morgan fingerprint density at radius 3 is 0.899 bits per heavy atom. The van der Waals surface area contributed by atoms with E-state index >= 15 is 0 Å². The third-order valence-corrected chi connectivity index (χ3v) is 11.7. The van der Waals surface area contributed by atoms with Gasteiger partial charge < -0.3 is 14.2 Å². The molecule has 0 radical (unpaired) electrons. The minimum atomic E-state index is -0.800. The van der Waals surface area contributed by atoms with E-state index in [4.69, 9.17) is 14.2 Å². The highest BCUT2D eigenvalue weighted by molar-refractivity contribution is 5.71. The van der Waals surface area contributed by atoms with Crippen LogP contribution in [0.5, 0.6) is 0 Å². The third kappa shape index (κ3) is 54.9. The van der Waals surface area contributed by atoms with Crippen LogP contribution in [0.25, 0.3) is 0 Å². The van der Waals surface area contributed by atoms with Crippen LogP contribution in [0.2, 0.25) is 0 Å². The van der Waals surface area contributed by atoms with Gasteiger partial charge in [-0.1, -0.05) is 220 Å². The van der Waals surface area contributed by atoms with Crippen molar-refractivity contribution in [2.75, 3.05) is 13.2 Å². The van der Waals surface area contributed by atoms with Crippen LogP contribution in [0.4, 0.5) is 0 Å². The number of rotatable bonds is 50. The summed E-state index contributed by atoms with van der Waals surface area (Å²) in [6.45, 7) is 6.35. The van der Waals surface area contributed by atoms with Gasteiger partial charge in [0.25, 0.3) is 0 Å². The number of carbonyl (C=O) groups excluding carboxylic acids is 3. The van der Waals surface area contributed by atoms with Gasteiger partial charge in [0.2, 0.25) is 0 Å². The molecular formula is C63H104O6. The lowest BCUT2D eigenvalue weighted by Crippen LogP contribution is -2.30. The molecule has 392 valence electrons. The van der Waals surface area contributed by atoms with E-state index in [0.29, 0.717) is 19.3 Å². The van der Waals surface area contributed by atoms with Crippen LogP contribution in [-0.2, 0) is 28.6 Å². The minimum absolute atomic E-state index is 0.0966. The summed E-state index contributed by atoms with van der Waals surface area (Å²) in [5, 5.41) is 0. The summed E-state index contributed by atoms with van der Waals surface area (Å²) in [6, 6.07) is 0. The van der Waals surface area contributed by atoms with E-state index in [1.165, 1.54) is 83.5 Å². The molecule has 0 aromatic heterocycles. The van der Waals surface area contributed by atoms with Crippen LogP contribution in [0, 0.1) is 0 Å². The third-order valence-electron chi connectivity index (χ3n) is 11.7. The van der Waals surface area contributed by atoms with Crippen LogP contribution in [0.1, 0.15) is 252 Å². The summed E-state index contributed by atoms with van der Waals surface area (Å²) < 4.78 is 16.8. The van der Waals surface area contributed by atoms with E-state index in [0.717, 1.165) is 128 Å². The molecule has 0 saturated heterocycles. The number of esters is 3. The fourth-order valence-corrected chi connectivity index (χ4v) is 7.54. The lowest BCUT2D eigenvalue weighted by molar-refractivity contribution is -0.167. The molecule has 0 aliphatic carbocycles. The number of allylic oxidation sites excluding steroid dienone is 18. The zero-order valence-corrected chi connectivity index (χ0v) is 44.8. The summed E-state index contributed by atoms with van der Waals surface area (Å²) >= 11 is 0. The molecule has 0 aromatic rings. The Morgan fingerprint density at radius 2 is 0.565 bits per heavy atom. The molecule has 0 aliphatic rings. The highest BCUT2D eigenvalue weighted by Crippen LogP contribution is 2.14. The molecule has 1 unspecified atom stereocenters. The lowest BCUT2D eigenvalue weighted by Gasteiger charge is -2.18. The molecule has 0 spiro atoms. The molecule has 0 heterocycles. The molecular weight excluding hydrogens is 853 g/mol. The molecule has 0 fully saturated rings. The zero-order chi connectivity index (χ0) is 50.0. The fraction of sp³-hybridized carbons (Fsp3) is 0.667. The van der Waals surface area contributed by atoms with Gasteiger partial charge in [-0.3, -0.25) is 14.4 Å². The minimum Gasteiger partial charge on any atom is -0.462 e. The predicted molar refractivity (Wildman–Crippen MR) is 297 cm³/mol. The summed E-state index contributed by atoms with van der Waals surface area (Å²) in [6.07, 6.45) is 76.5. The molecule has 0 amide bonds. The normalized spacial score (nSPS) is 12.9. The molecule has 6 nitrogen and oxygen atoms in total. The lowest BCUT2D eigenvalue weighted by atomic mass is 10.1. The average molecular weight is 958 g/mol. The van der Waals surface area contributed by atoms with Crippen LogP contribution < -0.4 is 0 Å². The maximum Gasteiger partial charge on any atom is 0.306 e. The highest BCUT2D eigenvalue weighted by atomic mass is 16.6. The van der Waals surface area contributed by atoms with Gasteiger partial charge in [-0.25, -0.2) is 0 Å². The average Bonchev–Trinajstić information content (AvgIpc) is 3.35. The van der Waals surface area contributed by atoms with Crippen LogP contribution in [0.3, 0.4) is 0 Å². The van der Waals surface area contributed by atoms with E-state index in [1.807, 2.05) is 0 Å². The number of unbranched alkanes of at least 4 members (excludes halogenated alkanes) is 21. The quantitative estimate of drug-likeness (QED) is 0.0262. The Morgan fingerprint density at radius 1 is 0.304 bits per heavy atom. The molecule has 0 aromatic carbocycles. The van der Waals surface area contributed by atoms with E-state index < -0.39 is 6.10 Å². The second-order valence-electron chi connectivity index (χ2n) is 18.4. The van der Waals surface area contributed by atoms with Gasteiger partial charge in [-0.15, -0.1) is 0 Å². The zero-order valence-electron chi connectivity index (χ0n) is 44.8. The molecule has 69 heavy (non-hydrogen) atoms. The van der Waals surface area contributed by atoms with E-state index in [-0.39, 0.29) is 31.1 Å². The van der Waals surface area contributed by atoms with Gasteiger partial charge >= 0.3 is 17.9 Å². The number of ether oxygens (including phenoxy) is 3. The van der Waals surface area contributed by atoms with Gasteiger partial charge in [-0.05, 0) is 122 Å². The maximum absolute atomic E-state index is 12.9. The van der Waals surface area contributed by atoms with Crippen molar-refractivity contribution in [2.24, 2.45) is 0 Å². The maximum atomic E-state index is 12.9. The van der Waals surface area contributed by atoms with Crippen LogP contribution in [0.15, 0.2) is 109 Å². The molecule has 1 atom stereocenters. The predicted octanol–water partition coefficient (Wildman–Crippen LogP) is 19.1.